The predicted molar refractivity (Wildman–Crippen MR) is 178 cm³/mol. The van der Waals surface area contributed by atoms with E-state index in [1.165, 1.54) is 15.2 Å². The Hall–Kier alpha value is -4.93. The smallest absolute Gasteiger partial charge is 0.267 e. The monoisotopic (exact) mass is 630 g/mol. The maximum Gasteiger partial charge on any atom is 0.267 e. The van der Waals surface area contributed by atoms with Gasteiger partial charge in [0.1, 0.15) is 17.2 Å². The number of fused-ring (bicyclic) bond motifs is 1. The van der Waals surface area contributed by atoms with Crippen LogP contribution in [0.3, 0.4) is 0 Å². The Bertz CT molecular complexity index is 1930. The number of sulfonamides is 1. The van der Waals surface area contributed by atoms with Crippen LogP contribution in [-0.2, 0) is 23.5 Å². The van der Waals surface area contributed by atoms with E-state index in [-0.39, 0.29) is 22.9 Å². The number of piperidine rings is 1. The summed E-state index contributed by atoms with van der Waals surface area (Å²) in [6.07, 6.45) is 4.92. The maximum atomic E-state index is 13.5. The predicted octanol–water partition coefficient (Wildman–Crippen LogP) is 2.67. The van der Waals surface area contributed by atoms with Gasteiger partial charge in [0.2, 0.25) is 10.0 Å². The summed E-state index contributed by atoms with van der Waals surface area (Å²) in [5, 5.41) is 7.34. The van der Waals surface area contributed by atoms with Crippen molar-refractivity contribution in [1.82, 2.24) is 23.6 Å². The molecule has 2 aromatic carbocycles. The number of hydrogen-bond acceptors (Lipinski definition) is 8. The Morgan fingerprint density at radius 2 is 1.84 bits per heavy atom. The molecule has 0 bridgehead atoms. The number of nitrogens with two attached hydrogens (primary N) is 2. The van der Waals surface area contributed by atoms with Gasteiger partial charge < -0.3 is 16.8 Å². The topological polar surface area (TPSA) is 171 Å². The number of primary amides is 1. The minimum Gasteiger partial charge on any atom is -0.381 e. The van der Waals surface area contributed by atoms with Gasteiger partial charge in [-0.05, 0) is 37.1 Å². The molecule has 0 saturated carbocycles. The highest BCUT2D eigenvalue weighted by Gasteiger charge is 2.24. The van der Waals surface area contributed by atoms with E-state index in [4.69, 9.17) is 16.5 Å². The summed E-state index contributed by atoms with van der Waals surface area (Å²) >= 11 is 0. The van der Waals surface area contributed by atoms with Gasteiger partial charge in [-0.1, -0.05) is 49.1 Å². The number of benzene rings is 2. The van der Waals surface area contributed by atoms with Crippen LogP contribution >= 0.6 is 0 Å². The molecule has 5 N–H and O–H groups in total. The highest BCUT2D eigenvalue weighted by atomic mass is 32.2. The first-order valence-electron chi connectivity index (χ1n) is 14.5. The van der Waals surface area contributed by atoms with Crippen LogP contribution in [0.25, 0.3) is 16.6 Å². The van der Waals surface area contributed by atoms with Crippen LogP contribution in [0.5, 0.6) is 0 Å². The number of hydrogen-bond donors (Lipinski definition) is 3. The zero-order valence-electron chi connectivity index (χ0n) is 25.7. The second-order valence-corrected chi connectivity index (χ2v) is 12.5. The van der Waals surface area contributed by atoms with E-state index in [0.717, 1.165) is 5.69 Å². The van der Waals surface area contributed by atoms with Gasteiger partial charge in [-0.3, -0.25) is 18.8 Å². The van der Waals surface area contributed by atoms with E-state index in [9.17, 15) is 18.0 Å². The Morgan fingerprint density at radius 3 is 2.44 bits per heavy atom. The van der Waals surface area contributed by atoms with Crippen molar-refractivity contribution in [2.45, 2.75) is 26.2 Å². The van der Waals surface area contributed by atoms with E-state index in [0.29, 0.717) is 67.0 Å². The highest BCUT2D eigenvalue weighted by Crippen LogP contribution is 2.21. The van der Waals surface area contributed by atoms with Gasteiger partial charge in [-0.25, -0.2) is 17.7 Å². The molecule has 45 heavy (non-hydrogen) atoms. The normalized spacial score (nSPS) is 13.8. The molecule has 0 spiro atoms. The van der Waals surface area contributed by atoms with Crippen molar-refractivity contribution in [3.63, 3.8) is 0 Å². The van der Waals surface area contributed by atoms with Crippen molar-refractivity contribution in [3.05, 3.63) is 88.5 Å². The van der Waals surface area contributed by atoms with Crippen molar-refractivity contribution < 1.29 is 13.2 Å². The second-order valence-electron chi connectivity index (χ2n) is 10.5. The van der Waals surface area contributed by atoms with Crippen molar-refractivity contribution in [2.24, 2.45) is 18.7 Å². The Kier molecular flexibility index (Phi) is 10.4. The van der Waals surface area contributed by atoms with Gasteiger partial charge in [-0.15, -0.1) is 6.58 Å². The SMILES string of the molecule is C=CCNc1c(C(N)=O)c(N)nn1C.CCc1nc2cccc(C#CC3CCN(S(C)(=O)=O)CC3)c2c(=O)n1-c1ccccc1. The number of carbonyl (C=O) groups is 1. The first-order valence-corrected chi connectivity index (χ1v) is 16.3. The molecule has 0 radical (unpaired) electrons. The quantitative estimate of drug-likeness (QED) is 0.207. The summed E-state index contributed by atoms with van der Waals surface area (Å²) in [6.45, 7) is 7.01. The molecule has 5 rings (SSSR count). The fraction of sp³-hybridized carbons (Fsp3) is 0.312. The summed E-state index contributed by atoms with van der Waals surface area (Å²) in [6, 6.07) is 15.1. The molecular formula is C32H38N8O4S. The average Bonchev–Trinajstić information content (AvgIpc) is 3.31. The average molecular weight is 631 g/mol. The van der Waals surface area contributed by atoms with E-state index < -0.39 is 15.9 Å². The Labute approximate surface area is 262 Å². The number of carbonyl (C=O) groups excluding carboxylic acids is 1. The molecule has 2 aromatic heterocycles. The van der Waals surface area contributed by atoms with Gasteiger partial charge in [-0.2, -0.15) is 5.10 Å². The van der Waals surface area contributed by atoms with Crippen molar-refractivity contribution >= 4 is 38.5 Å². The van der Waals surface area contributed by atoms with Crippen LogP contribution < -0.4 is 22.3 Å². The Morgan fingerprint density at radius 1 is 1.16 bits per heavy atom. The molecule has 1 saturated heterocycles. The second kappa shape index (κ2) is 14.2. The lowest BCUT2D eigenvalue weighted by molar-refractivity contribution is 0.100. The van der Waals surface area contributed by atoms with Gasteiger partial charge in [0.05, 0.1) is 22.8 Å². The molecule has 13 heteroatoms. The standard InChI is InChI=1S/C24H25N3O3S.C8H13N5O/c1-3-22-25-21-11-7-8-19(13-12-18-14-16-26(17-15-18)31(2,29)30)23(21)24(28)27(22)20-9-5-4-6-10-20;1-3-4-11-8-5(7(10)14)6(9)12-13(8)2/h4-11,18H,3,14-17H2,1-2H3;3,11H,1,4H2,2H3,(H2,9,12)(H2,10,14). The number of nitrogens with one attached hydrogen (secondary N) is 1. The zero-order chi connectivity index (χ0) is 32.7. The third-order valence-electron chi connectivity index (χ3n) is 7.37. The molecule has 0 unspecified atom stereocenters. The fourth-order valence-corrected chi connectivity index (χ4v) is 6.01. The lowest BCUT2D eigenvalue weighted by Crippen LogP contribution is -2.37. The summed E-state index contributed by atoms with van der Waals surface area (Å²) in [5.74, 6) is 7.33. The van der Waals surface area contributed by atoms with E-state index in [2.05, 4.69) is 28.8 Å². The third-order valence-corrected chi connectivity index (χ3v) is 8.67. The fourth-order valence-electron chi connectivity index (χ4n) is 5.13. The van der Waals surface area contributed by atoms with E-state index in [1.807, 2.05) is 55.5 Å². The molecule has 12 nitrogen and oxygen atoms in total. The van der Waals surface area contributed by atoms with Gasteiger partial charge in [0.15, 0.2) is 5.82 Å². The number of para-hydroxylation sites is 1. The lowest BCUT2D eigenvalue weighted by atomic mass is 9.98. The molecule has 1 aliphatic rings. The minimum absolute atomic E-state index is 0.104. The number of amides is 1. The van der Waals surface area contributed by atoms with Crippen LogP contribution in [0, 0.1) is 17.8 Å². The van der Waals surface area contributed by atoms with Crippen molar-refractivity contribution in [1.29, 1.82) is 0 Å². The Balaban J connectivity index is 0.000000276. The van der Waals surface area contributed by atoms with Crippen molar-refractivity contribution in [3.8, 4) is 17.5 Å². The van der Waals surface area contributed by atoms with Gasteiger partial charge in [0, 0.05) is 44.6 Å². The van der Waals surface area contributed by atoms with E-state index >= 15 is 0 Å². The number of nitrogens with zero attached hydrogens (tertiary/aromatic N) is 5. The lowest BCUT2D eigenvalue weighted by Gasteiger charge is -2.27. The van der Waals surface area contributed by atoms with Crippen molar-refractivity contribution in [2.75, 3.05) is 36.9 Å². The first kappa shape index (κ1) is 33.0. The molecular weight excluding hydrogens is 592 g/mol. The first-order chi connectivity index (χ1) is 21.5. The summed E-state index contributed by atoms with van der Waals surface area (Å²) < 4.78 is 28.0. The van der Waals surface area contributed by atoms with Crippen LogP contribution in [0.15, 0.2) is 66.0 Å². The third kappa shape index (κ3) is 7.60. The largest absolute Gasteiger partial charge is 0.381 e. The molecule has 236 valence electrons. The molecule has 1 fully saturated rings. The molecule has 1 aliphatic heterocycles. The van der Waals surface area contributed by atoms with Crippen LogP contribution in [0.1, 0.15) is 41.5 Å². The molecule has 0 atom stereocenters. The number of rotatable bonds is 7. The molecule has 4 aromatic rings. The minimum atomic E-state index is -3.16. The molecule has 0 aliphatic carbocycles. The van der Waals surface area contributed by atoms with Crippen LogP contribution in [-0.4, -0.2) is 63.9 Å². The molecule has 1 amide bonds. The van der Waals surface area contributed by atoms with Crippen LogP contribution in [0.2, 0.25) is 0 Å². The van der Waals surface area contributed by atoms with Gasteiger partial charge in [0.25, 0.3) is 11.5 Å². The van der Waals surface area contributed by atoms with Crippen LogP contribution in [0.4, 0.5) is 11.6 Å². The maximum absolute atomic E-state index is 13.5. The zero-order valence-corrected chi connectivity index (χ0v) is 26.5. The van der Waals surface area contributed by atoms with E-state index in [1.54, 1.807) is 17.7 Å². The number of aryl methyl sites for hydroxylation is 2. The van der Waals surface area contributed by atoms with Gasteiger partial charge >= 0.3 is 0 Å². The molecule has 3 heterocycles. The summed E-state index contributed by atoms with van der Waals surface area (Å²) in [7, 11) is -1.48. The number of nitrogen functional groups attached to an aromatic ring is 1. The summed E-state index contributed by atoms with van der Waals surface area (Å²) in [4.78, 5) is 29.3. The summed E-state index contributed by atoms with van der Waals surface area (Å²) in [5.41, 5.74) is 12.9. The number of aromatic nitrogens is 4. The highest BCUT2D eigenvalue weighted by molar-refractivity contribution is 7.88. The number of anilines is 2.